The standard InChI is InChI=1S/C11H19N3OS/c1-7(2)9(12)11-13-10(14-15-11)8-5-3-4-6-16-8/h7-9H,3-6,12H2,1-2H3/t8?,9-/m0/s1. The van der Waals surface area contributed by atoms with Gasteiger partial charge in [0.1, 0.15) is 0 Å². The van der Waals surface area contributed by atoms with E-state index in [2.05, 4.69) is 24.0 Å². The number of rotatable bonds is 3. The normalized spacial score (nSPS) is 23.6. The number of thioether (sulfide) groups is 1. The molecule has 0 spiro atoms. The molecule has 2 N–H and O–H groups in total. The van der Waals surface area contributed by atoms with Crippen LogP contribution >= 0.6 is 11.8 Å². The summed E-state index contributed by atoms with van der Waals surface area (Å²) in [6.07, 6.45) is 3.72. The van der Waals surface area contributed by atoms with E-state index in [1.165, 1.54) is 18.6 Å². The molecule has 0 amide bonds. The predicted octanol–water partition coefficient (Wildman–Crippen LogP) is 2.68. The van der Waals surface area contributed by atoms with Gasteiger partial charge in [-0.3, -0.25) is 0 Å². The van der Waals surface area contributed by atoms with Crippen LogP contribution in [0.15, 0.2) is 4.52 Å². The van der Waals surface area contributed by atoms with Crippen LogP contribution in [0.5, 0.6) is 0 Å². The van der Waals surface area contributed by atoms with Gasteiger partial charge in [0.05, 0.1) is 11.3 Å². The van der Waals surface area contributed by atoms with E-state index in [-0.39, 0.29) is 6.04 Å². The van der Waals surface area contributed by atoms with E-state index in [1.807, 2.05) is 11.8 Å². The fraction of sp³-hybridized carbons (Fsp3) is 0.818. The lowest BCUT2D eigenvalue weighted by molar-refractivity contribution is 0.322. The average molecular weight is 241 g/mol. The molecule has 1 aromatic rings. The SMILES string of the molecule is CC(C)[C@H](N)c1nc(C2CCCCS2)no1. The highest BCUT2D eigenvalue weighted by Crippen LogP contribution is 2.37. The summed E-state index contributed by atoms with van der Waals surface area (Å²) in [7, 11) is 0. The Kier molecular flexibility index (Phi) is 3.86. The Morgan fingerprint density at radius 2 is 2.25 bits per heavy atom. The Balaban J connectivity index is 2.06. The molecule has 1 aliphatic rings. The van der Waals surface area contributed by atoms with Crippen LogP contribution in [0.25, 0.3) is 0 Å². The minimum Gasteiger partial charge on any atom is -0.338 e. The third-order valence-electron chi connectivity index (χ3n) is 2.93. The molecule has 1 unspecified atom stereocenters. The van der Waals surface area contributed by atoms with Gasteiger partial charge in [0.2, 0.25) is 5.89 Å². The Bertz CT molecular complexity index is 334. The highest BCUT2D eigenvalue weighted by Gasteiger charge is 2.24. The molecular weight excluding hydrogens is 222 g/mol. The van der Waals surface area contributed by atoms with Crippen molar-refractivity contribution in [3.63, 3.8) is 0 Å². The molecule has 1 aromatic heterocycles. The maximum Gasteiger partial charge on any atom is 0.243 e. The zero-order valence-electron chi connectivity index (χ0n) is 9.85. The number of hydrogen-bond donors (Lipinski definition) is 1. The fourth-order valence-electron chi connectivity index (χ4n) is 1.74. The van der Waals surface area contributed by atoms with Gasteiger partial charge in [-0.1, -0.05) is 25.4 Å². The number of aromatic nitrogens is 2. The molecule has 4 nitrogen and oxygen atoms in total. The van der Waals surface area contributed by atoms with Crippen molar-refractivity contribution in [1.82, 2.24) is 10.1 Å². The van der Waals surface area contributed by atoms with Crippen molar-refractivity contribution in [3.05, 3.63) is 11.7 Å². The van der Waals surface area contributed by atoms with Gasteiger partial charge in [-0.2, -0.15) is 16.7 Å². The molecule has 2 heterocycles. The average Bonchev–Trinajstić information content (AvgIpc) is 2.78. The first-order valence-electron chi connectivity index (χ1n) is 5.89. The third-order valence-corrected chi connectivity index (χ3v) is 4.30. The van der Waals surface area contributed by atoms with Crippen LogP contribution in [0.1, 0.15) is 56.1 Å². The van der Waals surface area contributed by atoms with Gasteiger partial charge in [0, 0.05) is 0 Å². The second kappa shape index (κ2) is 5.19. The molecule has 2 rings (SSSR count). The van der Waals surface area contributed by atoms with Crippen molar-refractivity contribution in [2.45, 2.75) is 44.4 Å². The molecule has 5 heteroatoms. The first kappa shape index (κ1) is 11.9. The highest BCUT2D eigenvalue weighted by molar-refractivity contribution is 7.99. The van der Waals surface area contributed by atoms with Crippen LogP contribution in [-0.2, 0) is 0 Å². The quantitative estimate of drug-likeness (QED) is 0.881. The van der Waals surface area contributed by atoms with Gasteiger partial charge in [-0.25, -0.2) is 0 Å². The van der Waals surface area contributed by atoms with Gasteiger partial charge in [0.15, 0.2) is 5.82 Å². The summed E-state index contributed by atoms with van der Waals surface area (Å²) in [6.45, 7) is 4.12. The van der Waals surface area contributed by atoms with Crippen molar-refractivity contribution >= 4 is 11.8 Å². The van der Waals surface area contributed by atoms with Crippen molar-refractivity contribution < 1.29 is 4.52 Å². The van der Waals surface area contributed by atoms with Gasteiger partial charge < -0.3 is 10.3 Å². The fourth-order valence-corrected chi connectivity index (χ4v) is 2.98. The maximum atomic E-state index is 5.98. The smallest absolute Gasteiger partial charge is 0.243 e. The summed E-state index contributed by atoms with van der Waals surface area (Å²) in [5, 5.41) is 4.46. The maximum absolute atomic E-state index is 5.98. The van der Waals surface area contributed by atoms with E-state index in [4.69, 9.17) is 10.3 Å². The number of nitrogens with zero attached hydrogens (tertiary/aromatic N) is 2. The van der Waals surface area contributed by atoms with Crippen molar-refractivity contribution in [3.8, 4) is 0 Å². The molecule has 1 aliphatic heterocycles. The van der Waals surface area contributed by atoms with Crippen molar-refractivity contribution in [2.24, 2.45) is 11.7 Å². The van der Waals surface area contributed by atoms with Crippen molar-refractivity contribution in [1.29, 1.82) is 0 Å². The number of hydrogen-bond acceptors (Lipinski definition) is 5. The lowest BCUT2D eigenvalue weighted by atomic mass is 10.1. The van der Waals surface area contributed by atoms with E-state index in [9.17, 15) is 0 Å². The Hall–Kier alpha value is -0.550. The van der Waals surface area contributed by atoms with Crippen LogP contribution in [0.2, 0.25) is 0 Å². The summed E-state index contributed by atoms with van der Waals surface area (Å²) in [4.78, 5) is 4.43. The minimum atomic E-state index is -0.144. The second-order valence-electron chi connectivity index (χ2n) is 4.62. The van der Waals surface area contributed by atoms with E-state index < -0.39 is 0 Å². The number of nitrogens with two attached hydrogens (primary N) is 1. The predicted molar refractivity (Wildman–Crippen MR) is 65.1 cm³/mol. The summed E-state index contributed by atoms with van der Waals surface area (Å²) in [6, 6.07) is -0.144. The lowest BCUT2D eigenvalue weighted by Gasteiger charge is -2.17. The Morgan fingerprint density at radius 3 is 2.88 bits per heavy atom. The van der Waals surface area contributed by atoms with Gasteiger partial charge in [-0.15, -0.1) is 0 Å². The monoisotopic (exact) mass is 241 g/mol. The third kappa shape index (κ3) is 2.58. The Morgan fingerprint density at radius 1 is 1.44 bits per heavy atom. The summed E-state index contributed by atoms with van der Waals surface area (Å²) >= 11 is 1.92. The lowest BCUT2D eigenvalue weighted by Crippen LogP contribution is -2.17. The molecule has 90 valence electrons. The second-order valence-corrected chi connectivity index (χ2v) is 5.93. The summed E-state index contributed by atoms with van der Waals surface area (Å²) < 4.78 is 5.24. The van der Waals surface area contributed by atoms with Gasteiger partial charge >= 0.3 is 0 Å². The molecule has 2 atom stereocenters. The van der Waals surface area contributed by atoms with Crippen LogP contribution in [-0.4, -0.2) is 15.9 Å². The van der Waals surface area contributed by atoms with Crippen LogP contribution in [0.3, 0.4) is 0 Å². The first-order valence-corrected chi connectivity index (χ1v) is 6.94. The van der Waals surface area contributed by atoms with Gasteiger partial charge in [0.25, 0.3) is 0 Å². The molecule has 0 radical (unpaired) electrons. The van der Waals surface area contributed by atoms with E-state index in [0.29, 0.717) is 17.1 Å². The molecule has 0 saturated carbocycles. The largest absolute Gasteiger partial charge is 0.338 e. The zero-order valence-corrected chi connectivity index (χ0v) is 10.7. The van der Waals surface area contributed by atoms with Crippen LogP contribution < -0.4 is 5.73 Å². The van der Waals surface area contributed by atoms with Gasteiger partial charge in [-0.05, 0) is 24.5 Å². The molecular formula is C11H19N3OS. The molecule has 1 fully saturated rings. The van der Waals surface area contributed by atoms with E-state index in [0.717, 1.165) is 12.2 Å². The van der Waals surface area contributed by atoms with E-state index >= 15 is 0 Å². The summed E-state index contributed by atoms with van der Waals surface area (Å²) in [5.74, 6) is 2.93. The summed E-state index contributed by atoms with van der Waals surface area (Å²) in [5.41, 5.74) is 5.98. The Labute approximate surface area is 100 Å². The zero-order chi connectivity index (χ0) is 11.5. The molecule has 0 aromatic carbocycles. The first-order chi connectivity index (χ1) is 7.68. The molecule has 0 aliphatic carbocycles. The molecule has 16 heavy (non-hydrogen) atoms. The molecule has 1 saturated heterocycles. The van der Waals surface area contributed by atoms with Crippen molar-refractivity contribution in [2.75, 3.05) is 5.75 Å². The van der Waals surface area contributed by atoms with Crippen LogP contribution in [0.4, 0.5) is 0 Å². The molecule has 0 bridgehead atoms. The van der Waals surface area contributed by atoms with E-state index in [1.54, 1.807) is 0 Å². The van der Waals surface area contributed by atoms with Crippen LogP contribution in [0, 0.1) is 5.92 Å². The highest BCUT2D eigenvalue weighted by atomic mass is 32.2. The minimum absolute atomic E-state index is 0.144. The topological polar surface area (TPSA) is 64.9 Å².